The minimum absolute atomic E-state index is 0.169. The minimum atomic E-state index is -4.42. The first-order valence-electron chi connectivity index (χ1n) is 7.45. The van der Waals surface area contributed by atoms with Crippen molar-refractivity contribution in [2.75, 3.05) is 33.0 Å². The topological polar surface area (TPSA) is 92.8 Å². The van der Waals surface area contributed by atoms with Crippen LogP contribution in [0, 0.1) is 11.6 Å². The van der Waals surface area contributed by atoms with Gasteiger partial charge < -0.3 is 4.74 Å². The Morgan fingerprint density at radius 2 is 1.68 bits per heavy atom. The van der Waals surface area contributed by atoms with Crippen molar-refractivity contribution < 1.29 is 30.4 Å². The van der Waals surface area contributed by atoms with Crippen LogP contribution in [0.5, 0.6) is 0 Å². The molecule has 0 unspecified atom stereocenters. The largest absolute Gasteiger partial charge is 0.377 e. The number of methoxy groups -OCH3 is 1. The van der Waals surface area contributed by atoms with E-state index in [0.717, 1.165) is 24.5 Å². The third-order valence-electron chi connectivity index (χ3n) is 4.31. The average Bonchev–Trinajstić information content (AvgIpc) is 2.52. The number of hydrogen-bond donors (Lipinski definition) is 1. The molecular weight excluding hydrogens is 378 g/mol. The van der Waals surface area contributed by atoms with Gasteiger partial charge in [-0.3, -0.25) is 0 Å². The van der Waals surface area contributed by atoms with E-state index in [0.29, 0.717) is 0 Å². The van der Waals surface area contributed by atoms with Crippen LogP contribution in [0.15, 0.2) is 23.1 Å². The van der Waals surface area contributed by atoms with Crippen molar-refractivity contribution in [3.63, 3.8) is 0 Å². The van der Waals surface area contributed by atoms with E-state index in [2.05, 4.69) is 4.72 Å². The lowest BCUT2D eigenvalue weighted by Gasteiger charge is -2.39. The Labute approximate surface area is 146 Å². The molecule has 11 heteroatoms. The summed E-state index contributed by atoms with van der Waals surface area (Å²) in [6.45, 7) is 0.113. The summed E-state index contributed by atoms with van der Waals surface area (Å²) >= 11 is 0. The highest BCUT2D eigenvalue weighted by Gasteiger charge is 2.38. The van der Waals surface area contributed by atoms with E-state index in [1.807, 2.05) is 0 Å². The van der Waals surface area contributed by atoms with E-state index >= 15 is 0 Å². The van der Waals surface area contributed by atoms with Crippen LogP contribution >= 0.6 is 0 Å². The summed E-state index contributed by atoms with van der Waals surface area (Å²) in [5.74, 6) is -2.38. The van der Waals surface area contributed by atoms with Gasteiger partial charge in [-0.2, -0.15) is 0 Å². The highest BCUT2D eigenvalue weighted by molar-refractivity contribution is 7.89. The number of piperidine rings is 1. The first-order valence-corrected chi connectivity index (χ1v) is 10.8. The van der Waals surface area contributed by atoms with Gasteiger partial charge in [0.05, 0.1) is 11.9 Å². The van der Waals surface area contributed by atoms with Crippen LogP contribution in [0.4, 0.5) is 8.78 Å². The Morgan fingerprint density at radius 3 is 2.12 bits per heavy atom. The van der Waals surface area contributed by atoms with Gasteiger partial charge >= 0.3 is 0 Å². The van der Waals surface area contributed by atoms with Gasteiger partial charge in [0.25, 0.3) is 0 Å². The molecule has 0 aromatic heterocycles. The number of rotatable bonds is 6. The summed E-state index contributed by atoms with van der Waals surface area (Å²) in [6, 6.07) is 2.78. The van der Waals surface area contributed by atoms with Crippen molar-refractivity contribution in [1.29, 1.82) is 0 Å². The Bertz CT molecular complexity index is 815. The van der Waals surface area contributed by atoms with Crippen LogP contribution in [0.3, 0.4) is 0 Å². The van der Waals surface area contributed by atoms with Crippen molar-refractivity contribution in [3.05, 3.63) is 29.8 Å². The number of hydrogen-bond acceptors (Lipinski definition) is 5. The molecule has 0 aliphatic carbocycles. The predicted molar refractivity (Wildman–Crippen MR) is 86.9 cm³/mol. The molecule has 1 aliphatic heterocycles. The van der Waals surface area contributed by atoms with E-state index in [-0.39, 0.29) is 32.5 Å². The maximum atomic E-state index is 13.7. The third-order valence-corrected chi connectivity index (χ3v) is 7.06. The molecule has 1 N–H and O–H groups in total. The number of sulfonamides is 2. The number of benzene rings is 1. The van der Waals surface area contributed by atoms with E-state index in [4.69, 9.17) is 4.74 Å². The van der Waals surface area contributed by atoms with Gasteiger partial charge in [0, 0.05) is 26.7 Å². The van der Waals surface area contributed by atoms with Crippen molar-refractivity contribution in [2.24, 2.45) is 0 Å². The second-order valence-corrected chi connectivity index (χ2v) is 9.61. The molecule has 1 aromatic carbocycles. The van der Waals surface area contributed by atoms with Crippen LogP contribution in [-0.4, -0.2) is 59.7 Å². The van der Waals surface area contributed by atoms with Gasteiger partial charge in [-0.15, -0.1) is 0 Å². The molecule has 1 fully saturated rings. The van der Waals surface area contributed by atoms with Crippen LogP contribution in [0.2, 0.25) is 0 Å². The Balaban J connectivity index is 2.13. The van der Waals surface area contributed by atoms with E-state index in [1.165, 1.54) is 11.4 Å². The molecule has 1 aromatic rings. The molecule has 7 nitrogen and oxygen atoms in total. The van der Waals surface area contributed by atoms with Crippen molar-refractivity contribution in [3.8, 4) is 0 Å². The summed E-state index contributed by atoms with van der Waals surface area (Å²) in [5.41, 5.74) is -0.948. The van der Waals surface area contributed by atoms with Crippen molar-refractivity contribution in [2.45, 2.75) is 23.3 Å². The number of halogens is 2. The molecule has 0 spiro atoms. The van der Waals surface area contributed by atoms with Gasteiger partial charge in [0.15, 0.2) is 4.90 Å². The average molecular weight is 398 g/mol. The zero-order valence-electron chi connectivity index (χ0n) is 13.8. The highest BCUT2D eigenvalue weighted by Crippen LogP contribution is 2.27. The normalized spacial score (nSPS) is 19.0. The fraction of sp³-hybridized carbons (Fsp3) is 0.571. The molecule has 0 atom stereocenters. The highest BCUT2D eigenvalue weighted by atomic mass is 32.2. The van der Waals surface area contributed by atoms with Gasteiger partial charge in [0.2, 0.25) is 20.0 Å². The summed E-state index contributed by atoms with van der Waals surface area (Å²) in [4.78, 5) is -1.05. The number of ether oxygens (including phenoxy) is 1. The molecule has 0 radical (unpaired) electrons. The van der Waals surface area contributed by atoms with Crippen LogP contribution < -0.4 is 4.72 Å². The van der Waals surface area contributed by atoms with E-state index in [1.54, 1.807) is 0 Å². The smallest absolute Gasteiger partial charge is 0.246 e. The summed E-state index contributed by atoms with van der Waals surface area (Å²) in [5, 5.41) is 0. The monoisotopic (exact) mass is 398 g/mol. The molecule has 1 saturated heterocycles. The van der Waals surface area contributed by atoms with Crippen LogP contribution in [0.25, 0.3) is 0 Å². The summed E-state index contributed by atoms with van der Waals surface area (Å²) in [7, 11) is -6.38. The fourth-order valence-corrected chi connectivity index (χ4v) is 4.81. The maximum absolute atomic E-state index is 13.7. The Morgan fingerprint density at radius 1 is 1.16 bits per heavy atom. The molecular formula is C14H20F2N2O5S2. The minimum Gasteiger partial charge on any atom is -0.377 e. The number of nitrogens with zero attached hydrogens (tertiary/aromatic N) is 1. The standard InChI is InChI=1S/C14H20F2N2O5S2/c1-23-14(6-8-18(9-7-14)24(2,19)20)10-17-25(21,22)13-11(15)4-3-5-12(13)16/h3-5,17H,6-10H2,1-2H3. The first kappa shape index (κ1) is 20.2. The Kier molecular flexibility index (Phi) is 5.84. The molecule has 2 rings (SSSR count). The third kappa shape index (κ3) is 4.53. The molecule has 142 valence electrons. The maximum Gasteiger partial charge on any atom is 0.246 e. The lowest BCUT2D eigenvalue weighted by atomic mass is 9.92. The first-order chi connectivity index (χ1) is 11.5. The zero-order chi connectivity index (χ0) is 18.9. The SMILES string of the molecule is COC1(CNS(=O)(=O)c2c(F)cccc2F)CCN(S(C)(=O)=O)CC1. The van der Waals surface area contributed by atoms with Gasteiger partial charge in [-0.05, 0) is 25.0 Å². The summed E-state index contributed by atoms with van der Waals surface area (Å²) < 4.78 is 83.9. The van der Waals surface area contributed by atoms with Crippen LogP contribution in [0.1, 0.15) is 12.8 Å². The molecule has 0 saturated carbocycles. The lowest BCUT2D eigenvalue weighted by Crippen LogP contribution is -2.53. The second-order valence-electron chi connectivity index (χ2n) is 5.92. The van der Waals surface area contributed by atoms with Gasteiger partial charge in [-0.25, -0.2) is 34.6 Å². The predicted octanol–water partition coefficient (Wildman–Crippen LogP) is 0.684. The number of nitrogens with one attached hydrogen (secondary N) is 1. The molecule has 0 amide bonds. The molecule has 0 bridgehead atoms. The second kappa shape index (κ2) is 7.23. The molecule has 25 heavy (non-hydrogen) atoms. The lowest BCUT2D eigenvalue weighted by molar-refractivity contribution is -0.0401. The van der Waals surface area contributed by atoms with Gasteiger partial charge in [0.1, 0.15) is 11.6 Å². The van der Waals surface area contributed by atoms with Crippen LogP contribution in [-0.2, 0) is 24.8 Å². The molecule has 1 aliphatic rings. The Hall–Kier alpha value is -1.14. The van der Waals surface area contributed by atoms with Gasteiger partial charge in [-0.1, -0.05) is 6.07 Å². The van der Waals surface area contributed by atoms with E-state index in [9.17, 15) is 25.6 Å². The molecule has 1 heterocycles. The van der Waals surface area contributed by atoms with Crippen molar-refractivity contribution >= 4 is 20.0 Å². The fourth-order valence-electron chi connectivity index (χ4n) is 2.72. The van der Waals surface area contributed by atoms with Crippen molar-refractivity contribution in [1.82, 2.24) is 9.03 Å². The van der Waals surface area contributed by atoms with E-state index < -0.39 is 42.2 Å². The summed E-state index contributed by atoms with van der Waals surface area (Å²) in [6.07, 6.45) is 1.59. The zero-order valence-corrected chi connectivity index (χ0v) is 15.5. The quantitative estimate of drug-likeness (QED) is 0.761.